The molecule has 5 aromatic rings. The molecule has 0 saturated carbocycles. The van der Waals surface area contributed by atoms with Crippen LogP contribution in [0, 0.1) is 0 Å². The van der Waals surface area contributed by atoms with Gasteiger partial charge in [0.1, 0.15) is 0 Å². The van der Waals surface area contributed by atoms with Gasteiger partial charge in [-0.2, -0.15) is 10.2 Å². The molecular formula is C28H26N6. The highest BCUT2D eigenvalue weighted by atomic mass is 15.3. The van der Waals surface area contributed by atoms with Crippen molar-refractivity contribution in [3.63, 3.8) is 0 Å². The molecule has 0 fully saturated rings. The highest BCUT2D eigenvalue weighted by Crippen LogP contribution is 2.32. The van der Waals surface area contributed by atoms with E-state index in [2.05, 4.69) is 58.0 Å². The molecule has 2 aromatic carbocycles. The number of benzene rings is 2. The zero-order valence-corrected chi connectivity index (χ0v) is 18.9. The van der Waals surface area contributed by atoms with Crippen molar-refractivity contribution in [2.45, 2.75) is 31.8 Å². The lowest BCUT2D eigenvalue weighted by molar-refractivity contribution is 0.454. The molecule has 0 spiro atoms. The van der Waals surface area contributed by atoms with Gasteiger partial charge in [-0.1, -0.05) is 54.6 Å². The van der Waals surface area contributed by atoms with Gasteiger partial charge in [-0.05, 0) is 43.5 Å². The molecule has 6 rings (SSSR count). The van der Waals surface area contributed by atoms with Gasteiger partial charge in [0.15, 0.2) is 5.82 Å². The maximum Gasteiger partial charge on any atom is 0.153 e. The lowest BCUT2D eigenvalue weighted by atomic mass is 9.92. The summed E-state index contributed by atoms with van der Waals surface area (Å²) in [6.45, 7) is 0.732. The van der Waals surface area contributed by atoms with Gasteiger partial charge in [-0.15, -0.1) is 0 Å². The normalized spacial score (nSPS) is 15.2. The van der Waals surface area contributed by atoms with Gasteiger partial charge in [0.2, 0.25) is 0 Å². The minimum absolute atomic E-state index is 0.255. The van der Waals surface area contributed by atoms with E-state index in [1.807, 2.05) is 64.2 Å². The van der Waals surface area contributed by atoms with Crippen molar-refractivity contribution in [2.75, 3.05) is 0 Å². The van der Waals surface area contributed by atoms with Crippen LogP contribution in [-0.2, 0) is 13.0 Å². The van der Waals surface area contributed by atoms with Crippen LogP contribution in [-0.4, -0.2) is 24.5 Å². The van der Waals surface area contributed by atoms with E-state index in [1.165, 1.54) is 16.8 Å². The fourth-order valence-corrected chi connectivity index (χ4v) is 4.77. The van der Waals surface area contributed by atoms with Crippen LogP contribution in [0.5, 0.6) is 0 Å². The molecule has 34 heavy (non-hydrogen) atoms. The molecule has 0 unspecified atom stereocenters. The SMILES string of the molecule is c1ccc(-c2nn(-c3ccccc3)cc2CN[C@@H]2CCCc3c2cnn3-c2ccccn2)cc1. The predicted molar refractivity (Wildman–Crippen MR) is 133 cm³/mol. The summed E-state index contributed by atoms with van der Waals surface area (Å²) in [7, 11) is 0. The zero-order valence-electron chi connectivity index (χ0n) is 18.9. The summed E-state index contributed by atoms with van der Waals surface area (Å²) in [5, 5.41) is 13.4. The van der Waals surface area contributed by atoms with E-state index in [0.29, 0.717) is 0 Å². The predicted octanol–water partition coefficient (Wildman–Crippen LogP) is 5.29. The molecule has 1 aliphatic carbocycles. The number of fused-ring (bicyclic) bond motifs is 1. The molecule has 0 aliphatic heterocycles. The summed E-state index contributed by atoms with van der Waals surface area (Å²) in [5.41, 5.74) is 6.90. The van der Waals surface area contributed by atoms with Crippen molar-refractivity contribution in [2.24, 2.45) is 0 Å². The second kappa shape index (κ2) is 9.08. The van der Waals surface area contributed by atoms with Crippen LogP contribution in [0.2, 0.25) is 0 Å². The number of aromatic nitrogens is 5. The molecule has 0 amide bonds. The van der Waals surface area contributed by atoms with Gasteiger partial charge in [0.05, 0.1) is 23.3 Å². The number of para-hydroxylation sites is 1. The Morgan fingerprint density at radius 2 is 1.71 bits per heavy atom. The summed E-state index contributed by atoms with van der Waals surface area (Å²) < 4.78 is 3.97. The number of hydrogen-bond acceptors (Lipinski definition) is 4. The first-order valence-electron chi connectivity index (χ1n) is 11.8. The van der Waals surface area contributed by atoms with Gasteiger partial charge in [-0.25, -0.2) is 14.3 Å². The van der Waals surface area contributed by atoms with Crippen LogP contribution in [0.15, 0.2) is 97.5 Å². The Bertz CT molecular complexity index is 1370. The fourth-order valence-electron chi connectivity index (χ4n) is 4.77. The second-order valence-electron chi connectivity index (χ2n) is 8.62. The molecule has 0 saturated heterocycles. The van der Waals surface area contributed by atoms with Crippen molar-refractivity contribution >= 4 is 0 Å². The molecule has 6 heteroatoms. The van der Waals surface area contributed by atoms with Crippen molar-refractivity contribution in [1.82, 2.24) is 29.9 Å². The highest BCUT2D eigenvalue weighted by Gasteiger charge is 2.25. The third kappa shape index (κ3) is 3.93. The van der Waals surface area contributed by atoms with Gasteiger partial charge in [-0.3, -0.25) is 0 Å². The standard InChI is InChI=1S/C28H26N6/c1-3-10-21(11-4-1)28-22(20-33(32-28)23-12-5-2-6-13-23)18-30-25-14-9-15-26-24(25)19-31-34(26)27-16-7-8-17-29-27/h1-8,10-13,16-17,19-20,25,30H,9,14-15,18H2/t25-/m1/s1. The monoisotopic (exact) mass is 446 g/mol. The van der Waals surface area contributed by atoms with Crippen LogP contribution < -0.4 is 5.32 Å². The van der Waals surface area contributed by atoms with Crippen LogP contribution in [0.25, 0.3) is 22.8 Å². The largest absolute Gasteiger partial charge is 0.306 e. The summed E-state index contributed by atoms with van der Waals surface area (Å²) in [6, 6.07) is 26.9. The maximum atomic E-state index is 4.95. The summed E-state index contributed by atoms with van der Waals surface area (Å²) in [6.07, 6.45) is 9.20. The molecule has 3 aromatic heterocycles. The van der Waals surface area contributed by atoms with Gasteiger partial charge in [0.25, 0.3) is 0 Å². The van der Waals surface area contributed by atoms with E-state index >= 15 is 0 Å². The average molecular weight is 447 g/mol. The quantitative estimate of drug-likeness (QED) is 0.385. The number of rotatable bonds is 6. The van der Waals surface area contributed by atoms with E-state index in [1.54, 1.807) is 0 Å². The lowest BCUT2D eigenvalue weighted by Crippen LogP contribution is -2.25. The summed E-state index contributed by atoms with van der Waals surface area (Å²) in [4.78, 5) is 4.49. The molecule has 0 radical (unpaired) electrons. The van der Waals surface area contributed by atoms with E-state index in [4.69, 9.17) is 5.10 Å². The van der Waals surface area contributed by atoms with Crippen molar-refractivity contribution in [3.05, 3.63) is 114 Å². The minimum Gasteiger partial charge on any atom is -0.306 e. The van der Waals surface area contributed by atoms with Crippen LogP contribution in [0.4, 0.5) is 0 Å². The Morgan fingerprint density at radius 1 is 0.912 bits per heavy atom. The molecule has 168 valence electrons. The Morgan fingerprint density at radius 3 is 2.50 bits per heavy atom. The number of hydrogen-bond donors (Lipinski definition) is 1. The van der Waals surface area contributed by atoms with Crippen LogP contribution in [0.3, 0.4) is 0 Å². The topological polar surface area (TPSA) is 60.6 Å². The fraction of sp³-hybridized carbons (Fsp3) is 0.179. The first-order chi connectivity index (χ1) is 16.9. The second-order valence-corrected chi connectivity index (χ2v) is 8.62. The first-order valence-corrected chi connectivity index (χ1v) is 11.8. The van der Waals surface area contributed by atoms with Crippen LogP contribution >= 0.6 is 0 Å². The van der Waals surface area contributed by atoms with Crippen molar-refractivity contribution in [3.8, 4) is 22.8 Å². The highest BCUT2D eigenvalue weighted by molar-refractivity contribution is 5.63. The van der Waals surface area contributed by atoms with Gasteiger partial charge >= 0.3 is 0 Å². The summed E-state index contributed by atoms with van der Waals surface area (Å²) in [5.74, 6) is 0.875. The Hall–Kier alpha value is -4.03. The Balaban J connectivity index is 1.29. The molecule has 0 bridgehead atoms. The molecule has 6 nitrogen and oxygen atoms in total. The van der Waals surface area contributed by atoms with Gasteiger partial charge < -0.3 is 5.32 Å². The Labute approximate surface area is 198 Å². The molecule has 1 aliphatic rings. The molecule has 3 heterocycles. The average Bonchev–Trinajstić information content (AvgIpc) is 3.54. The minimum atomic E-state index is 0.255. The van der Waals surface area contributed by atoms with Gasteiger partial charge in [0, 0.05) is 41.7 Å². The van der Waals surface area contributed by atoms with E-state index < -0.39 is 0 Å². The molecule has 1 N–H and O–H groups in total. The summed E-state index contributed by atoms with van der Waals surface area (Å²) >= 11 is 0. The molecular weight excluding hydrogens is 420 g/mol. The van der Waals surface area contributed by atoms with Crippen LogP contribution in [0.1, 0.15) is 35.7 Å². The third-order valence-corrected chi connectivity index (χ3v) is 6.45. The molecule has 1 atom stereocenters. The third-order valence-electron chi connectivity index (χ3n) is 6.45. The Kier molecular flexibility index (Phi) is 5.49. The number of nitrogens with one attached hydrogen (secondary N) is 1. The zero-order chi connectivity index (χ0) is 22.7. The lowest BCUT2D eigenvalue weighted by Gasteiger charge is -2.24. The maximum absolute atomic E-state index is 4.95. The van der Waals surface area contributed by atoms with E-state index in [-0.39, 0.29) is 6.04 Å². The van der Waals surface area contributed by atoms with Crippen molar-refractivity contribution in [1.29, 1.82) is 0 Å². The smallest absolute Gasteiger partial charge is 0.153 e. The van der Waals surface area contributed by atoms with E-state index in [0.717, 1.165) is 48.6 Å². The number of nitrogens with zero attached hydrogens (tertiary/aromatic N) is 5. The first kappa shape index (κ1) is 20.6. The number of pyridine rings is 1. The van der Waals surface area contributed by atoms with E-state index in [9.17, 15) is 0 Å². The van der Waals surface area contributed by atoms with Crippen molar-refractivity contribution < 1.29 is 0 Å².